The summed E-state index contributed by atoms with van der Waals surface area (Å²) in [6, 6.07) is 7.66. The molecule has 0 saturated carbocycles. The van der Waals surface area contributed by atoms with Gasteiger partial charge < -0.3 is 4.42 Å². The summed E-state index contributed by atoms with van der Waals surface area (Å²) in [5.41, 5.74) is 2.52. The van der Waals surface area contributed by atoms with E-state index in [0.29, 0.717) is 10.8 Å². The number of para-hydroxylation sites is 1. The lowest BCUT2D eigenvalue weighted by atomic mass is 10.1. The minimum Gasteiger partial charge on any atom is -0.422 e. The molecule has 0 bridgehead atoms. The van der Waals surface area contributed by atoms with Crippen LogP contribution < -0.4 is 16.1 Å². The molecule has 0 amide bonds. The highest BCUT2D eigenvalue weighted by Crippen LogP contribution is 2.06. The summed E-state index contributed by atoms with van der Waals surface area (Å²) in [5, 5.41) is 2.71. The van der Waals surface area contributed by atoms with Crippen LogP contribution in [0.15, 0.2) is 33.5 Å². The number of rotatable bonds is 0. The van der Waals surface area contributed by atoms with Gasteiger partial charge in [0.2, 0.25) is 0 Å². The van der Waals surface area contributed by atoms with Crippen molar-refractivity contribution in [2.45, 2.75) is 27.7 Å². The van der Waals surface area contributed by atoms with Gasteiger partial charge in [0.1, 0.15) is 5.58 Å². The molecular weight excluding hydrogens is 212 g/mol. The van der Waals surface area contributed by atoms with Crippen LogP contribution in [0.1, 0.15) is 27.7 Å². The van der Waals surface area contributed by atoms with E-state index in [0.717, 1.165) is 21.8 Å². The maximum absolute atomic E-state index is 12.0. The molecule has 2 heteroatoms. The summed E-state index contributed by atoms with van der Waals surface area (Å²) >= 11 is 0. The Morgan fingerprint density at radius 1 is 0.941 bits per heavy atom. The molecule has 0 radical (unpaired) electrons. The molecule has 0 aliphatic heterocycles. The SMILES string of the molecule is CC(C)=c1c(=O)oc2ccccc2c1=C(C)C. The Balaban J connectivity index is 3.32. The molecule has 88 valence electrons. The molecule has 1 heterocycles. The van der Waals surface area contributed by atoms with Crippen LogP contribution in [0.3, 0.4) is 0 Å². The van der Waals surface area contributed by atoms with Gasteiger partial charge in [-0.25, -0.2) is 4.79 Å². The molecule has 1 aromatic heterocycles. The third-order valence-corrected chi connectivity index (χ3v) is 2.81. The molecule has 17 heavy (non-hydrogen) atoms. The second-order valence-electron chi connectivity index (χ2n) is 4.64. The van der Waals surface area contributed by atoms with E-state index >= 15 is 0 Å². The third-order valence-electron chi connectivity index (χ3n) is 2.81. The third kappa shape index (κ3) is 1.91. The molecule has 1 aromatic carbocycles. The van der Waals surface area contributed by atoms with Gasteiger partial charge in [0, 0.05) is 5.39 Å². The molecule has 0 unspecified atom stereocenters. The van der Waals surface area contributed by atoms with Gasteiger partial charge in [-0.15, -0.1) is 0 Å². The van der Waals surface area contributed by atoms with E-state index in [-0.39, 0.29) is 5.63 Å². The monoisotopic (exact) mass is 228 g/mol. The molecule has 0 aliphatic rings. The summed E-state index contributed by atoms with van der Waals surface area (Å²) in [4.78, 5) is 12.0. The van der Waals surface area contributed by atoms with Crippen LogP contribution in [-0.2, 0) is 0 Å². The molecule has 2 nitrogen and oxygen atoms in total. The van der Waals surface area contributed by atoms with E-state index in [1.54, 1.807) is 0 Å². The zero-order valence-electron chi connectivity index (χ0n) is 10.6. The first-order valence-corrected chi connectivity index (χ1v) is 5.69. The largest absolute Gasteiger partial charge is 0.422 e. The van der Waals surface area contributed by atoms with Crippen molar-refractivity contribution < 1.29 is 4.42 Å². The highest BCUT2D eigenvalue weighted by Gasteiger charge is 2.05. The van der Waals surface area contributed by atoms with E-state index in [2.05, 4.69) is 0 Å². The summed E-state index contributed by atoms with van der Waals surface area (Å²) in [6.07, 6.45) is 0. The minimum absolute atomic E-state index is 0.250. The van der Waals surface area contributed by atoms with Gasteiger partial charge in [-0.1, -0.05) is 29.3 Å². The quantitative estimate of drug-likeness (QED) is 0.647. The summed E-state index contributed by atoms with van der Waals surface area (Å²) in [6.45, 7) is 7.92. The molecule has 0 saturated heterocycles. The Morgan fingerprint density at radius 3 is 2.12 bits per heavy atom. The van der Waals surface area contributed by atoms with Crippen LogP contribution in [0, 0.1) is 0 Å². The smallest absolute Gasteiger partial charge is 0.344 e. The van der Waals surface area contributed by atoms with Gasteiger partial charge in [0.15, 0.2) is 0 Å². The standard InChI is InChI=1S/C15H16O2/c1-9(2)13-11-7-5-6-8-12(11)17-15(16)14(13)10(3)4/h5-8H,1-4H3. The number of hydrogen-bond donors (Lipinski definition) is 0. The second-order valence-corrected chi connectivity index (χ2v) is 4.64. The molecule has 2 aromatic rings. The lowest BCUT2D eigenvalue weighted by molar-refractivity contribution is 0.553. The Bertz CT molecular complexity index is 741. The fraction of sp³-hybridized carbons (Fsp3) is 0.267. The fourth-order valence-corrected chi connectivity index (χ4v) is 2.12. The van der Waals surface area contributed by atoms with Gasteiger partial charge in [0.25, 0.3) is 0 Å². The molecule has 0 fully saturated rings. The Kier molecular flexibility index (Phi) is 2.88. The lowest BCUT2D eigenvalue weighted by Crippen LogP contribution is -2.40. The first-order chi connectivity index (χ1) is 8.02. The average molecular weight is 228 g/mol. The van der Waals surface area contributed by atoms with E-state index in [1.165, 1.54) is 0 Å². The molecule has 2 rings (SSSR count). The zero-order valence-corrected chi connectivity index (χ0v) is 10.6. The number of hydrogen-bond acceptors (Lipinski definition) is 2. The normalized spacial score (nSPS) is 10.6. The van der Waals surface area contributed by atoms with Gasteiger partial charge in [-0.2, -0.15) is 0 Å². The van der Waals surface area contributed by atoms with Crippen molar-refractivity contribution in [3.05, 3.63) is 45.1 Å². The van der Waals surface area contributed by atoms with Crippen LogP contribution in [0.2, 0.25) is 0 Å². The second kappa shape index (κ2) is 4.21. The maximum atomic E-state index is 12.0. The Hall–Kier alpha value is -1.83. The van der Waals surface area contributed by atoms with Crippen LogP contribution in [0.25, 0.3) is 22.1 Å². The van der Waals surface area contributed by atoms with Gasteiger partial charge in [-0.05, 0) is 39.0 Å². The maximum Gasteiger partial charge on any atom is 0.344 e. The van der Waals surface area contributed by atoms with Crippen molar-refractivity contribution in [3.8, 4) is 0 Å². The summed E-state index contributed by atoms with van der Waals surface area (Å²) in [5.74, 6) is 0. The highest BCUT2D eigenvalue weighted by atomic mass is 16.4. The molecule has 0 spiro atoms. The molecule has 0 atom stereocenters. The Labute approximate surface area is 99.9 Å². The van der Waals surface area contributed by atoms with Crippen LogP contribution in [-0.4, -0.2) is 0 Å². The van der Waals surface area contributed by atoms with Crippen LogP contribution in [0.5, 0.6) is 0 Å². The first kappa shape index (κ1) is 11.6. The predicted molar refractivity (Wildman–Crippen MR) is 71.2 cm³/mol. The lowest BCUT2D eigenvalue weighted by Gasteiger charge is -2.01. The number of fused-ring (bicyclic) bond motifs is 1. The van der Waals surface area contributed by atoms with E-state index in [9.17, 15) is 4.79 Å². The van der Waals surface area contributed by atoms with Gasteiger partial charge in [0.05, 0.1) is 5.22 Å². The van der Waals surface area contributed by atoms with E-state index < -0.39 is 0 Å². The van der Waals surface area contributed by atoms with Gasteiger partial charge in [-0.3, -0.25) is 0 Å². The van der Waals surface area contributed by atoms with Crippen LogP contribution in [0.4, 0.5) is 0 Å². The van der Waals surface area contributed by atoms with Gasteiger partial charge >= 0.3 is 5.63 Å². The molecule has 0 N–H and O–H groups in total. The van der Waals surface area contributed by atoms with Crippen molar-refractivity contribution in [2.75, 3.05) is 0 Å². The van der Waals surface area contributed by atoms with Crippen molar-refractivity contribution >= 4 is 22.1 Å². The van der Waals surface area contributed by atoms with Crippen molar-refractivity contribution in [2.24, 2.45) is 0 Å². The predicted octanol–water partition coefficient (Wildman–Crippen LogP) is 2.17. The fourth-order valence-electron chi connectivity index (χ4n) is 2.12. The average Bonchev–Trinajstić information content (AvgIpc) is 2.26. The minimum atomic E-state index is -0.250. The van der Waals surface area contributed by atoms with Crippen molar-refractivity contribution in [3.63, 3.8) is 0 Å². The molecular formula is C15H16O2. The van der Waals surface area contributed by atoms with Crippen LogP contribution >= 0.6 is 0 Å². The highest BCUT2D eigenvalue weighted by molar-refractivity contribution is 5.79. The summed E-state index contributed by atoms with van der Waals surface area (Å²) < 4.78 is 5.36. The Morgan fingerprint density at radius 2 is 1.53 bits per heavy atom. The van der Waals surface area contributed by atoms with Crippen molar-refractivity contribution in [1.29, 1.82) is 0 Å². The topological polar surface area (TPSA) is 30.2 Å². The van der Waals surface area contributed by atoms with E-state index in [4.69, 9.17) is 4.42 Å². The zero-order chi connectivity index (χ0) is 12.6. The van der Waals surface area contributed by atoms with Crippen molar-refractivity contribution in [1.82, 2.24) is 0 Å². The molecule has 0 aliphatic carbocycles. The number of benzene rings is 1. The van der Waals surface area contributed by atoms with E-state index in [1.807, 2.05) is 52.0 Å². The summed E-state index contributed by atoms with van der Waals surface area (Å²) in [7, 11) is 0. The first-order valence-electron chi connectivity index (χ1n) is 5.69.